The van der Waals surface area contributed by atoms with Crippen molar-refractivity contribution in [2.75, 3.05) is 26.7 Å². The van der Waals surface area contributed by atoms with Crippen molar-refractivity contribution < 1.29 is 9.47 Å². The van der Waals surface area contributed by atoms with E-state index in [1.165, 1.54) is 37.1 Å². The molecule has 1 heterocycles. The molecule has 0 spiro atoms. The zero-order chi connectivity index (χ0) is 18.6. The SMILES string of the molecule is COc1cc(OCc2ccccc2)ccc1CN1CCN(C2CC2)CC1C. The number of piperazine rings is 1. The molecular formula is C23H30N2O2. The summed E-state index contributed by atoms with van der Waals surface area (Å²) in [5, 5.41) is 0. The molecule has 1 saturated carbocycles. The molecule has 4 nitrogen and oxygen atoms in total. The highest BCUT2D eigenvalue weighted by Gasteiger charge is 2.34. The van der Waals surface area contributed by atoms with E-state index in [0.717, 1.165) is 30.6 Å². The van der Waals surface area contributed by atoms with Gasteiger partial charge in [-0.05, 0) is 31.4 Å². The Kier molecular flexibility index (Phi) is 5.65. The lowest BCUT2D eigenvalue weighted by molar-refractivity contribution is 0.0724. The Bertz CT molecular complexity index is 745. The third-order valence-corrected chi connectivity index (χ3v) is 5.74. The molecule has 2 aromatic carbocycles. The minimum absolute atomic E-state index is 0.573. The second-order valence-electron chi connectivity index (χ2n) is 7.79. The fourth-order valence-corrected chi connectivity index (χ4v) is 3.93. The average Bonchev–Trinajstić information content (AvgIpc) is 3.55. The molecule has 0 aromatic heterocycles. The number of nitrogens with zero attached hydrogens (tertiary/aromatic N) is 2. The topological polar surface area (TPSA) is 24.9 Å². The van der Waals surface area contributed by atoms with Gasteiger partial charge < -0.3 is 9.47 Å². The fraction of sp³-hybridized carbons (Fsp3) is 0.478. The van der Waals surface area contributed by atoms with Gasteiger partial charge in [0.25, 0.3) is 0 Å². The molecule has 0 radical (unpaired) electrons. The predicted molar refractivity (Wildman–Crippen MR) is 108 cm³/mol. The Morgan fingerprint density at radius 3 is 2.56 bits per heavy atom. The Labute approximate surface area is 162 Å². The molecule has 1 aliphatic carbocycles. The second kappa shape index (κ2) is 8.32. The van der Waals surface area contributed by atoms with Crippen LogP contribution in [0.5, 0.6) is 11.5 Å². The fourth-order valence-electron chi connectivity index (χ4n) is 3.93. The summed E-state index contributed by atoms with van der Waals surface area (Å²) in [6, 6.07) is 17.9. The Morgan fingerprint density at radius 1 is 1.04 bits per heavy atom. The van der Waals surface area contributed by atoms with Crippen molar-refractivity contribution in [2.45, 2.75) is 45.0 Å². The lowest BCUT2D eigenvalue weighted by Crippen LogP contribution is -2.51. The Morgan fingerprint density at radius 2 is 1.85 bits per heavy atom. The van der Waals surface area contributed by atoms with Crippen molar-refractivity contribution in [3.8, 4) is 11.5 Å². The lowest BCUT2D eigenvalue weighted by atomic mass is 10.1. The molecule has 2 aliphatic rings. The van der Waals surface area contributed by atoms with E-state index in [1.807, 2.05) is 24.3 Å². The van der Waals surface area contributed by atoms with E-state index in [4.69, 9.17) is 9.47 Å². The molecule has 1 aliphatic heterocycles. The lowest BCUT2D eigenvalue weighted by Gasteiger charge is -2.40. The second-order valence-corrected chi connectivity index (χ2v) is 7.79. The van der Waals surface area contributed by atoms with Gasteiger partial charge in [0.15, 0.2) is 0 Å². The van der Waals surface area contributed by atoms with Crippen LogP contribution in [0.25, 0.3) is 0 Å². The molecule has 0 N–H and O–H groups in total. The van der Waals surface area contributed by atoms with Crippen molar-refractivity contribution in [1.82, 2.24) is 9.80 Å². The Balaban J connectivity index is 1.37. The molecule has 1 saturated heterocycles. The largest absolute Gasteiger partial charge is 0.496 e. The number of hydrogen-bond donors (Lipinski definition) is 0. The van der Waals surface area contributed by atoms with Crippen LogP contribution >= 0.6 is 0 Å². The van der Waals surface area contributed by atoms with Gasteiger partial charge in [-0.15, -0.1) is 0 Å². The molecule has 27 heavy (non-hydrogen) atoms. The van der Waals surface area contributed by atoms with Crippen LogP contribution in [0.1, 0.15) is 30.9 Å². The van der Waals surface area contributed by atoms with Gasteiger partial charge in [-0.1, -0.05) is 36.4 Å². The normalized spacial score (nSPS) is 21.2. The molecule has 2 fully saturated rings. The van der Waals surface area contributed by atoms with Crippen LogP contribution in [0.4, 0.5) is 0 Å². The van der Waals surface area contributed by atoms with Crippen LogP contribution in [0.3, 0.4) is 0 Å². The molecular weight excluding hydrogens is 336 g/mol. The van der Waals surface area contributed by atoms with Crippen molar-refractivity contribution in [1.29, 1.82) is 0 Å². The molecule has 1 unspecified atom stereocenters. The summed E-state index contributed by atoms with van der Waals surface area (Å²) in [7, 11) is 1.74. The van der Waals surface area contributed by atoms with Gasteiger partial charge in [-0.3, -0.25) is 9.80 Å². The summed E-state index contributed by atoms with van der Waals surface area (Å²) in [6.45, 7) is 7.36. The van der Waals surface area contributed by atoms with Gasteiger partial charge in [0.05, 0.1) is 7.11 Å². The quantitative estimate of drug-likeness (QED) is 0.741. The van der Waals surface area contributed by atoms with E-state index >= 15 is 0 Å². The minimum Gasteiger partial charge on any atom is -0.496 e. The zero-order valence-electron chi connectivity index (χ0n) is 16.4. The van der Waals surface area contributed by atoms with Crippen molar-refractivity contribution in [3.05, 3.63) is 59.7 Å². The highest BCUT2D eigenvalue weighted by molar-refractivity contribution is 5.41. The van der Waals surface area contributed by atoms with Crippen LogP contribution in [0.2, 0.25) is 0 Å². The molecule has 2 aromatic rings. The summed E-state index contributed by atoms with van der Waals surface area (Å²) >= 11 is 0. The van der Waals surface area contributed by atoms with Crippen LogP contribution in [-0.4, -0.2) is 48.6 Å². The molecule has 4 heteroatoms. The average molecular weight is 367 g/mol. The van der Waals surface area contributed by atoms with E-state index < -0.39 is 0 Å². The highest BCUT2D eigenvalue weighted by atomic mass is 16.5. The summed E-state index contributed by atoms with van der Waals surface area (Å²) < 4.78 is 11.6. The first-order chi connectivity index (χ1) is 13.2. The number of ether oxygens (including phenoxy) is 2. The summed E-state index contributed by atoms with van der Waals surface area (Å²) in [4.78, 5) is 5.24. The number of methoxy groups -OCH3 is 1. The van der Waals surface area contributed by atoms with Gasteiger partial charge >= 0.3 is 0 Å². The van der Waals surface area contributed by atoms with Gasteiger partial charge in [-0.2, -0.15) is 0 Å². The standard InChI is InChI=1S/C23H30N2O2/c1-18-15-25(21-9-10-21)13-12-24(18)16-20-8-11-22(14-23(20)26-2)27-17-19-6-4-3-5-7-19/h3-8,11,14,18,21H,9-10,12-13,15-17H2,1-2H3. The van der Waals surface area contributed by atoms with Crippen LogP contribution in [0.15, 0.2) is 48.5 Å². The number of benzene rings is 2. The summed E-state index contributed by atoms with van der Waals surface area (Å²) in [5.74, 6) is 1.77. The third-order valence-electron chi connectivity index (χ3n) is 5.74. The third kappa shape index (κ3) is 4.63. The summed E-state index contributed by atoms with van der Waals surface area (Å²) in [6.07, 6.45) is 2.79. The molecule has 1 atom stereocenters. The minimum atomic E-state index is 0.573. The van der Waals surface area contributed by atoms with Crippen molar-refractivity contribution >= 4 is 0 Å². The zero-order valence-corrected chi connectivity index (χ0v) is 16.4. The van der Waals surface area contributed by atoms with E-state index in [9.17, 15) is 0 Å². The monoisotopic (exact) mass is 366 g/mol. The highest BCUT2D eigenvalue weighted by Crippen LogP contribution is 2.31. The molecule has 0 amide bonds. The van der Waals surface area contributed by atoms with Gasteiger partial charge in [0.2, 0.25) is 0 Å². The van der Waals surface area contributed by atoms with Crippen molar-refractivity contribution in [3.63, 3.8) is 0 Å². The number of rotatable bonds is 7. The molecule has 0 bridgehead atoms. The smallest absolute Gasteiger partial charge is 0.127 e. The first kappa shape index (κ1) is 18.3. The van der Waals surface area contributed by atoms with Crippen LogP contribution in [0, 0.1) is 0 Å². The van der Waals surface area contributed by atoms with E-state index in [2.05, 4.69) is 41.0 Å². The van der Waals surface area contributed by atoms with Gasteiger partial charge in [-0.25, -0.2) is 0 Å². The maximum atomic E-state index is 5.95. The first-order valence-corrected chi connectivity index (χ1v) is 10.0. The van der Waals surface area contributed by atoms with Gasteiger partial charge in [0, 0.05) is 49.9 Å². The Hall–Kier alpha value is -2.04. The van der Waals surface area contributed by atoms with Crippen LogP contribution < -0.4 is 9.47 Å². The summed E-state index contributed by atoms with van der Waals surface area (Å²) in [5.41, 5.74) is 2.40. The van der Waals surface area contributed by atoms with E-state index in [-0.39, 0.29) is 0 Å². The van der Waals surface area contributed by atoms with Crippen LogP contribution in [-0.2, 0) is 13.2 Å². The number of hydrogen-bond acceptors (Lipinski definition) is 4. The molecule has 144 valence electrons. The van der Waals surface area contributed by atoms with Crippen molar-refractivity contribution in [2.24, 2.45) is 0 Å². The first-order valence-electron chi connectivity index (χ1n) is 10.0. The molecule has 4 rings (SSSR count). The van der Waals surface area contributed by atoms with E-state index in [0.29, 0.717) is 12.6 Å². The maximum Gasteiger partial charge on any atom is 0.127 e. The van der Waals surface area contributed by atoms with Gasteiger partial charge in [0.1, 0.15) is 18.1 Å². The van der Waals surface area contributed by atoms with E-state index in [1.54, 1.807) is 7.11 Å². The maximum absolute atomic E-state index is 5.95. The predicted octanol–water partition coefficient (Wildman–Crippen LogP) is 3.94.